The molecule has 190 valence electrons. The molecule has 0 aliphatic heterocycles. The van der Waals surface area contributed by atoms with Crippen molar-refractivity contribution >= 4 is 16.0 Å². The molecule has 1 aliphatic carbocycles. The highest BCUT2D eigenvalue weighted by Gasteiger charge is 2.23. The molecule has 1 amide bonds. The van der Waals surface area contributed by atoms with Crippen molar-refractivity contribution in [2.45, 2.75) is 71.6 Å². The highest BCUT2D eigenvalue weighted by molar-refractivity contribution is 7.84. The zero-order valence-corrected chi connectivity index (χ0v) is 22.4. The topological polar surface area (TPSA) is 86.3 Å². The van der Waals surface area contributed by atoms with E-state index in [0.717, 1.165) is 41.9 Å². The Morgan fingerprint density at radius 1 is 1.09 bits per heavy atom. The van der Waals surface area contributed by atoms with Crippen molar-refractivity contribution in [1.29, 1.82) is 0 Å². The Balaban J connectivity index is 0.000000981. The maximum absolute atomic E-state index is 12.5. The quantitative estimate of drug-likeness (QED) is 0.306. The fraction of sp³-hybridized carbons (Fsp3) is 0.731. The lowest BCUT2D eigenvalue weighted by Gasteiger charge is -2.35. The molecule has 6 nitrogen and oxygen atoms in total. The summed E-state index contributed by atoms with van der Waals surface area (Å²) >= 11 is 0. The van der Waals surface area contributed by atoms with E-state index in [4.69, 9.17) is 13.0 Å². The molecular formula is C26H46N2O4S. The SMILES string of the molecule is CC(C)Cc1ccc([C@@H](C)C(=O)NCCC[N+](C)(C)CC2CCCCC2)cc1.CS(=O)(=O)[O-]. The molecule has 0 bridgehead atoms. The molecule has 0 radical (unpaired) electrons. The van der Waals surface area contributed by atoms with Crippen molar-refractivity contribution in [3.8, 4) is 0 Å². The normalized spacial score (nSPS) is 16.1. The molecule has 0 aromatic heterocycles. The monoisotopic (exact) mass is 482 g/mol. The van der Waals surface area contributed by atoms with Gasteiger partial charge in [0.2, 0.25) is 5.91 Å². The highest BCUT2D eigenvalue weighted by atomic mass is 32.2. The fourth-order valence-corrected chi connectivity index (χ4v) is 4.60. The zero-order chi connectivity index (χ0) is 25.1. The summed E-state index contributed by atoms with van der Waals surface area (Å²) in [5.41, 5.74) is 2.46. The third-order valence-corrected chi connectivity index (χ3v) is 6.23. The molecule has 1 aromatic carbocycles. The van der Waals surface area contributed by atoms with E-state index in [2.05, 4.69) is 57.5 Å². The van der Waals surface area contributed by atoms with Crippen LogP contribution < -0.4 is 5.32 Å². The van der Waals surface area contributed by atoms with Gasteiger partial charge in [0.05, 0.1) is 43.2 Å². The molecule has 33 heavy (non-hydrogen) atoms. The number of hydrogen-bond donors (Lipinski definition) is 1. The van der Waals surface area contributed by atoms with Gasteiger partial charge in [0.1, 0.15) is 0 Å². The van der Waals surface area contributed by atoms with E-state index < -0.39 is 10.1 Å². The van der Waals surface area contributed by atoms with Gasteiger partial charge in [-0.25, -0.2) is 8.42 Å². The molecule has 0 unspecified atom stereocenters. The standard InChI is InChI=1S/C25H42N2O.CH4O3S/c1-20(2)18-22-12-14-24(15-13-22)21(3)25(28)26-16-9-17-27(4,5)19-23-10-7-6-8-11-23;1-5(2,3)4/h12-15,20-21,23H,6-11,16-19H2,1-5H3;1H3,(H,2,3,4)/t21-;/m1./s1. The summed E-state index contributed by atoms with van der Waals surface area (Å²) in [5.74, 6) is 1.62. The van der Waals surface area contributed by atoms with Crippen molar-refractivity contribution in [2.75, 3.05) is 40.0 Å². The predicted molar refractivity (Wildman–Crippen MR) is 135 cm³/mol. The van der Waals surface area contributed by atoms with Gasteiger partial charge in [-0.2, -0.15) is 0 Å². The number of carbonyl (C=O) groups is 1. The van der Waals surface area contributed by atoms with Crippen LogP contribution in [0.1, 0.15) is 76.3 Å². The van der Waals surface area contributed by atoms with Gasteiger partial charge in [-0.05, 0) is 43.2 Å². The summed E-state index contributed by atoms with van der Waals surface area (Å²) < 4.78 is 28.3. The van der Waals surface area contributed by atoms with E-state index >= 15 is 0 Å². The molecule has 1 saturated carbocycles. The van der Waals surface area contributed by atoms with Crippen molar-refractivity contribution in [3.05, 3.63) is 35.4 Å². The molecule has 0 saturated heterocycles. The summed E-state index contributed by atoms with van der Waals surface area (Å²) in [6.45, 7) is 9.68. The van der Waals surface area contributed by atoms with Gasteiger partial charge < -0.3 is 14.4 Å². The number of nitrogens with zero attached hydrogens (tertiary/aromatic N) is 1. The number of quaternary nitrogens is 1. The summed E-state index contributed by atoms with van der Waals surface area (Å²) in [6, 6.07) is 8.58. The van der Waals surface area contributed by atoms with Crippen LogP contribution in [0.5, 0.6) is 0 Å². The zero-order valence-electron chi connectivity index (χ0n) is 21.6. The number of amides is 1. The Morgan fingerprint density at radius 2 is 1.64 bits per heavy atom. The van der Waals surface area contributed by atoms with Gasteiger partial charge >= 0.3 is 0 Å². The van der Waals surface area contributed by atoms with Crippen LogP contribution in [-0.4, -0.2) is 63.3 Å². The summed E-state index contributed by atoms with van der Waals surface area (Å²) in [5, 5.41) is 3.16. The minimum absolute atomic E-state index is 0.0853. The lowest BCUT2D eigenvalue weighted by Crippen LogP contribution is -2.45. The van der Waals surface area contributed by atoms with E-state index in [0.29, 0.717) is 12.2 Å². The van der Waals surface area contributed by atoms with E-state index in [1.807, 2.05) is 6.92 Å². The molecule has 1 atom stereocenters. The molecular weight excluding hydrogens is 436 g/mol. The average molecular weight is 483 g/mol. The minimum Gasteiger partial charge on any atom is -0.748 e. The number of hydrogen-bond acceptors (Lipinski definition) is 4. The van der Waals surface area contributed by atoms with Crippen molar-refractivity contribution in [3.63, 3.8) is 0 Å². The number of nitrogens with one attached hydrogen (secondary N) is 1. The lowest BCUT2D eigenvalue weighted by atomic mass is 9.88. The second kappa shape index (κ2) is 14.1. The van der Waals surface area contributed by atoms with Gasteiger partial charge in [-0.3, -0.25) is 4.79 Å². The first kappa shape index (κ1) is 29.6. The predicted octanol–water partition coefficient (Wildman–Crippen LogP) is 4.31. The van der Waals surface area contributed by atoms with Crippen molar-refractivity contribution in [2.24, 2.45) is 11.8 Å². The van der Waals surface area contributed by atoms with Crippen molar-refractivity contribution in [1.82, 2.24) is 5.32 Å². The van der Waals surface area contributed by atoms with Gasteiger partial charge in [0.25, 0.3) is 0 Å². The van der Waals surface area contributed by atoms with E-state index in [-0.39, 0.29) is 11.8 Å². The molecule has 0 heterocycles. The number of carbonyl (C=O) groups excluding carboxylic acids is 1. The molecule has 1 aliphatic rings. The lowest BCUT2D eigenvalue weighted by molar-refractivity contribution is -0.894. The fourth-order valence-electron chi connectivity index (χ4n) is 4.60. The van der Waals surface area contributed by atoms with E-state index in [1.165, 1.54) is 44.2 Å². The second-order valence-electron chi connectivity index (χ2n) is 10.8. The van der Waals surface area contributed by atoms with Crippen LogP contribution in [0.15, 0.2) is 24.3 Å². The molecule has 0 spiro atoms. The third kappa shape index (κ3) is 14.4. The van der Waals surface area contributed by atoms with Gasteiger partial charge in [0, 0.05) is 25.1 Å². The molecule has 1 fully saturated rings. The van der Waals surface area contributed by atoms with E-state index in [9.17, 15) is 4.79 Å². The smallest absolute Gasteiger partial charge is 0.227 e. The van der Waals surface area contributed by atoms with Crippen LogP contribution in [0.25, 0.3) is 0 Å². The first-order valence-electron chi connectivity index (χ1n) is 12.4. The van der Waals surface area contributed by atoms with Crippen molar-refractivity contribution < 1.29 is 22.2 Å². The maximum atomic E-state index is 12.5. The Hall–Kier alpha value is -1.44. The largest absolute Gasteiger partial charge is 0.748 e. The van der Waals surface area contributed by atoms with Gasteiger partial charge in [-0.1, -0.05) is 57.4 Å². The number of rotatable bonds is 10. The molecule has 1 aromatic rings. The van der Waals surface area contributed by atoms with Gasteiger partial charge in [-0.15, -0.1) is 0 Å². The first-order valence-corrected chi connectivity index (χ1v) is 14.2. The average Bonchev–Trinajstić information content (AvgIpc) is 2.70. The van der Waals surface area contributed by atoms with E-state index in [1.54, 1.807) is 0 Å². The molecule has 1 N–H and O–H groups in total. The number of benzene rings is 1. The summed E-state index contributed by atoms with van der Waals surface area (Å²) in [4.78, 5) is 12.5. The van der Waals surface area contributed by atoms with Crippen LogP contribution in [0.4, 0.5) is 0 Å². The van der Waals surface area contributed by atoms with Crippen LogP contribution in [-0.2, 0) is 21.3 Å². The third-order valence-electron chi connectivity index (χ3n) is 6.23. The van der Waals surface area contributed by atoms with Gasteiger partial charge in [0.15, 0.2) is 0 Å². The molecule has 2 rings (SSSR count). The van der Waals surface area contributed by atoms with Crippen LogP contribution in [0, 0.1) is 11.8 Å². The minimum atomic E-state index is -3.92. The Bertz CT molecular complexity index is 790. The summed E-state index contributed by atoms with van der Waals surface area (Å²) in [6.07, 6.45) is 9.81. The maximum Gasteiger partial charge on any atom is 0.227 e. The Morgan fingerprint density at radius 3 is 2.15 bits per heavy atom. The van der Waals surface area contributed by atoms with Crippen LogP contribution in [0.2, 0.25) is 0 Å². The summed E-state index contributed by atoms with van der Waals surface area (Å²) in [7, 11) is 0.773. The second-order valence-corrected chi connectivity index (χ2v) is 12.2. The Labute approximate surface area is 202 Å². The first-order chi connectivity index (χ1) is 15.3. The molecule has 7 heteroatoms. The Kier molecular flexibility index (Phi) is 12.6. The van der Waals surface area contributed by atoms with Crippen LogP contribution >= 0.6 is 0 Å². The van der Waals surface area contributed by atoms with Crippen LogP contribution in [0.3, 0.4) is 0 Å². The highest BCUT2D eigenvalue weighted by Crippen LogP contribution is 2.25.